The largest absolute Gasteiger partial charge is 0.497 e. The lowest BCUT2D eigenvalue weighted by Gasteiger charge is -2.08. The molecule has 4 aromatic rings. The maximum atomic E-state index is 13.0. The van der Waals surface area contributed by atoms with Gasteiger partial charge in [-0.05, 0) is 43.7 Å². The standard InChI is InChI=1S/C23H24N4O3/c1-5-8-27-22-19(12-15-9-14(2)6-7-20(15)24-22)21(26-27)25-23(28)16-10-17(29-3)13-18(11-16)30-4/h6-7,9-13H,5,8H2,1-4H3,(H,25,26,28). The van der Waals surface area contributed by atoms with Crippen LogP contribution in [0.1, 0.15) is 29.3 Å². The second-order valence-electron chi connectivity index (χ2n) is 7.18. The van der Waals surface area contributed by atoms with E-state index in [1.165, 1.54) is 0 Å². The van der Waals surface area contributed by atoms with Crippen LogP contribution < -0.4 is 14.8 Å². The molecule has 7 nitrogen and oxygen atoms in total. The number of nitrogens with one attached hydrogen (secondary N) is 1. The maximum Gasteiger partial charge on any atom is 0.257 e. The lowest BCUT2D eigenvalue weighted by molar-refractivity contribution is 0.102. The summed E-state index contributed by atoms with van der Waals surface area (Å²) < 4.78 is 12.4. The third-order valence-corrected chi connectivity index (χ3v) is 4.95. The van der Waals surface area contributed by atoms with E-state index < -0.39 is 0 Å². The van der Waals surface area contributed by atoms with E-state index >= 15 is 0 Å². The van der Waals surface area contributed by atoms with Gasteiger partial charge in [-0.3, -0.25) is 4.79 Å². The van der Waals surface area contributed by atoms with Gasteiger partial charge in [-0.15, -0.1) is 0 Å². The van der Waals surface area contributed by atoms with Gasteiger partial charge in [0.1, 0.15) is 11.5 Å². The number of methoxy groups -OCH3 is 2. The molecule has 0 spiro atoms. The number of nitrogens with zero attached hydrogens (tertiary/aromatic N) is 3. The number of carbonyl (C=O) groups is 1. The fourth-order valence-electron chi connectivity index (χ4n) is 3.46. The topological polar surface area (TPSA) is 78.3 Å². The molecular formula is C23H24N4O3. The van der Waals surface area contributed by atoms with Crippen molar-refractivity contribution in [1.82, 2.24) is 14.8 Å². The lowest BCUT2D eigenvalue weighted by Crippen LogP contribution is -2.13. The average molecular weight is 404 g/mol. The first-order valence-electron chi connectivity index (χ1n) is 9.84. The Hall–Kier alpha value is -3.61. The molecule has 4 rings (SSSR count). The zero-order valence-corrected chi connectivity index (χ0v) is 17.5. The number of anilines is 1. The highest BCUT2D eigenvalue weighted by molar-refractivity contribution is 6.09. The van der Waals surface area contributed by atoms with Gasteiger partial charge in [-0.1, -0.05) is 18.6 Å². The van der Waals surface area contributed by atoms with Crippen LogP contribution in [0.4, 0.5) is 5.82 Å². The second-order valence-corrected chi connectivity index (χ2v) is 7.18. The molecule has 30 heavy (non-hydrogen) atoms. The molecule has 2 heterocycles. The van der Waals surface area contributed by atoms with E-state index in [-0.39, 0.29) is 5.91 Å². The van der Waals surface area contributed by atoms with Crippen molar-refractivity contribution in [2.45, 2.75) is 26.8 Å². The summed E-state index contributed by atoms with van der Waals surface area (Å²) >= 11 is 0. The number of hydrogen-bond donors (Lipinski definition) is 1. The first-order chi connectivity index (χ1) is 14.5. The molecule has 154 valence electrons. The van der Waals surface area contributed by atoms with Crippen molar-refractivity contribution in [2.75, 3.05) is 19.5 Å². The van der Waals surface area contributed by atoms with Crippen molar-refractivity contribution in [3.05, 3.63) is 53.6 Å². The van der Waals surface area contributed by atoms with Crippen molar-refractivity contribution in [2.24, 2.45) is 0 Å². The number of ether oxygens (including phenoxy) is 2. The van der Waals surface area contributed by atoms with Crippen molar-refractivity contribution in [3.63, 3.8) is 0 Å². The predicted molar refractivity (Wildman–Crippen MR) is 118 cm³/mol. The molecule has 0 aliphatic heterocycles. The molecule has 2 aromatic carbocycles. The van der Waals surface area contributed by atoms with Gasteiger partial charge in [0.05, 0.1) is 25.1 Å². The van der Waals surface area contributed by atoms with Crippen molar-refractivity contribution in [1.29, 1.82) is 0 Å². The number of fused-ring (bicyclic) bond motifs is 2. The molecule has 0 unspecified atom stereocenters. The Morgan fingerprint density at radius 1 is 1.07 bits per heavy atom. The van der Waals surface area contributed by atoms with Crippen LogP contribution in [0, 0.1) is 6.92 Å². The van der Waals surface area contributed by atoms with E-state index in [1.807, 2.05) is 29.8 Å². The summed E-state index contributed by atoms with van der Waals surface area (Å²) in [5.74, 6) is 1.29. The smallest absolute Gasteiger partial charge is 0.257 e. The fourth-order valence-corrected chi connectivity index (χ4v) is 3.46. The zero-order chi connectivity index (χ0) is 21.3. The predicted octanol–water partition coefficient (Wildman–Crippen LogP) is 4.57. The van der Waals surface area contributed by atoms with Gasteiger partial charge in [0.25, 0.3) is 5.91 Å². The minimum Gasteiger partial charge on any atom is -0.497 e. The molecule has 0 aliphatic rings. The van der Waals surface area contributed by atoms with E-state index in [0.29, 0.717) is 29.4 Å². The Balaban J connectivity index is 1.79. The van der Waals surface area contributed by atoms with Gasteiger partial charge in [-0.25, -0.2) is 9.67 Å². The average Bonchev–Trinajstić information content (AvgIpc) is 3.08. The van der Waals surface area contributed by atoms with Crippen LogP contribution in [0.15, 0.2) is 42.5 Å². The van der Waals surface area contributed by atoms with Crippen molar-refractivity contribution >= 4 is 33.7 Å². The van der Waals surface area contributed by atoms with Crippen molar-refractivity contribution < 1.29 is 14.3 Å². The Kier molecular flexibility index (Phi) is 5.27. The molecule has 0 aliphatic carbocycles. The van der Waals surface area contributed by atoms with E-state index in [1.54, 1.807) is 32.4 Å². The molecular weight excluding hydrogens is 380 g/mol. The maximum absolute atomic E-state index is 13.0. The molecule has 0 atom stereocenters. The summed E-state index contributed by atoms with van der Waals surface area (Å²) in [5, 5.41) is 9.40. The van der Waals surface area contributed by atoms with Crippen molar-refractivity contribution in [3.8, 4) is 11.5 Å². The molecule has 0 radical (unpaired) electrons. The summed E-state index contributed by atoms with van der Waals surface area (Å²) in [6.45, 7) is 4.84. The summed E-state index contributed by atoms with van der Waals surface area (Å²) in [6, 6.07) is 13.2. The molecule has 2 aromatic heterocycles. The van der Waals surface area contributed by atoms with Gasteiger partial charge in [-0.2, -0.15) is 5.10 Å². The van der Waals surface area contributed by atoms with E-state index in [9.17, 15) is 4.79 Å². The minimum absolute atomic E-state index is 0.292. The zero-order valence-electron chi connectivity index (χ0n) is 17.5. The monoisotopic (exact) mass is 404 g/mol. The Morgan fingerprint density at radius 3 is 2.47 bits per heavy atom. The summed E-state index contributed by atoms with van der Waals surface area (Å²) in [4.78, 5) is 17.8. The van der Waals surface area contributed by atoms with Crippen LogP contribution in [0.3, 0.4) is 0 Å². The van der Waals surface area contributed by atoms with Crippen LogP contribution in [0.25, 0.3) is 21.9 Å². The second kappa shape index (κ2) is 8.02. The van der Waals surface area contributed by atoms with Gasteiger partial charge in [0.15, 0.2) is 11.5 Å². The fraction of sp³-hybridized carbons (Fsp3) is 0.261. The quantitative estimate of drug-likeness (QED) is 0.509. The summed E-state index contributed by atoms with van der Waals surface area (Å²) in [6.07, 6.45) is 0.908. The molecule has 0 saturated heterocycles. The molecule has 0 bridgehead atoms. The highest BCUT2D eigenvalue weighted by Gasteiger charge is 2.17. The highest BCUT2D eigenvalue weighted by Crippen LogP contribution is 2.28. The number of aryl methyl sites for hydroxylation is 2. The number of hydrogen-bond acceptors (Lipinski definition) is 5. The van der Waals surface area contributed by atoms with Crippen LogP contribution in [-0.2, 0) is 6.54 Å². The van der Waals surface area contributed by atoms with Crippen LogP contribution in [0.2, 0.25) is 0 Å². The molecule has 1 amide bonds. The number of rotatable bonds is 6. The number of pyridine rings is 1. The number of carbonyl (C=O) groups excluding carboxylic acids is 1. The minimum atomic E-state index is -0.292. The summed E-state index contributed by atoms with van der Waals surface area (Å²) in [5.41, 5.74) is 3.24. The van der Waals surface area contributed by atoms with E-state index in [4.69, 9.17) is 14.5 Å². The Morgan fingerprint density at radius 2 is 1.80 bits per heavy atom. The Labute approximate surface area is 174 Å². The Bertz CT molecular complexity index is 1220. The number of benzene rings is 2. The first-order valence-corrected chi connectivity index (χ1v) is 9.84. The van der Waals surface area contributed by atoms with E-state index in [2.05, 4.69) is 23.4 Å². The SMILES string of the molecule is CCCn1nc(NC(=O)c2cc(OC)cc(OC)c2)c2cc3cc(C)ccc3nc21. The summed E-state index contributed by atoms with van der Waals surface area (Å²) in [7, 11) is 3.10. The van der Waals surface area contributed by atoms with Gasteiger partial charge in [0.2, 0.25) is 0 Å². The first kappa shape index (κ1) is 19.7. The number of amides is 1. The van der Waals surface area contributed by atoms with Crippen LogP contribution >= 0.6 is 0 Å². The van der Waals surface area contributed by atoms with Gasteiger partial charge in [0, 0.05) is 23.6 Å². The lowest BCUT2D eigenvalue weighted by atomic mass is 10.1. The highest BCUT2D eigenvalue weighted by atomic mass is 16.5. The van der Waals surface area contributed by atoms with Crippen LogP contribution in [0.5, 0.6) is 11.5 Å². The molecule has 0 saturated carbocycles. The molecule has 7 heteroatoms. The van der Waals surface area contributed by atoms with Crippen LogP contribution in [-0.4, -0.2) is 34.9 Å². The third-order valence-electron chi connectivity index (χ3n) is 4.95. The van der Waals surface area contributed by atoms with E-state index in [0.717, 1.165) is 33.9 Å². The normalized spacial score (nSPS) is 11.1. The molecule has 0 fully saturated rings. The third kappa shape index (κ3) is 3.66. The number of aromatic nitrogens is 3. The molecule has 1 N–H and O–H groups in total. The van der Waals surface area contributed by atoms with Gasteiger partial charge < -0.3 is 14.8 Å². The van der Waals surface area contributed by atoms with Gasteiger partial charge >= 0.3 is 0 Å².